The van der Waals surface area contributed by atoms with E-state index in [0.717, 1.165) is 87.8 Å². The molecule has 380 valence electrons. The molecule has 12 heteroatoms. The number of carbonyl (C=O) groups is 2. The molecular weight excluding hydrogens is 968 g/mol. The molecule has 1 saturated heterocycles. The van der Waals surface area contributed by atoms with Crippen molar-refractivity contribution in [1.82, 2.24) is 0 Å². The number of rotatable bonds is 20. The van der Waals surface area contributed by atoms with E-state index in [4.69, 9.17) is 23.7 Å². The standard InChI is InChI=1S/C62H61FN2O7S2/c1-3-8-41-13-16-43(17-14-41)44-18-20-47(21-19-44)61(66)70-34-31-46-26-30-55(72-62(67)48-24-27-52(28-25-48)69-33-7-32-68-39-42-15-29-54-56(35-42)71-54)60-59(46)73-57(74-60)36-49-22-23-50(40(2)58(49)63)37-64-65-38-51-11-6-10-45-9-4-5-12-53(45)51/h6,10-11,13-14,16-28,30,36-38,42,54,56H,3-5,7-9,12,15,29,31-35,39H2,1-2H3/b57-36+,64-37?,65-38+. The molecule has 0 bridgehead atoms. The van der Waals surface area contributed by atoms with Crippen molar-refractivity contribution in [2.24, 2.45) is 16.1 Å². The molecule has 0 spiro atoms. The lowest BCUT2D eigenvalue weighted by Gasteiger charge is -2.18. The first-order valence-electron chi connectivity index (χ1n) is 26.0. The number of nitrogens with zero attached hydrogens (tertiary/aromatic N) is 2. The van der Waals surface area contributed by atoms with Crippen LogP contribution in [0.4, 0.5) is 4.39 Å². The molecule has 4 aliphatic rings. The summed E-state index contributed by atoms with van der Waals surface area (Å²) in [6.07, 6.45) is 17.4. The Bertz CT molecular complexity index is 3060. The maximum atomic E-state index is 16.2. The molecule has 6 aromatic carbocycles. The Kier molecular flexibility index (Phi) is 16.9. The van der Waals surface area contributed by atoms with E-state index in [0.29, 0.717) is 77.1 Å². The van der Waals surface area contributed by atoms with Crippen molar-refractivity contribution < 1.29 is 37.7 Å². The van der Waals surface area contributed by atoms with E-state index in [1.165, 1.54) is 59.5 Å². The lowest BCUT2D eigenvalue weighted by atomic mass is 9.89. The minimum atomic E-state index is -0.520. The van der Waals surface area contributed by atoms with Crippen molar-refractivity contribution in [2.75, 3.05) is 26.4 Å². The van der Waals surface area contributed by atoms with Crippen LogP contribution in [0.2, 0.25) is 0 Å². The Morgan fingerprint density at radius 3 is 2.26 bits per heavy atom. The molecule has 0 aromatic heterocycles. The van der Waals surface area contributed by atoms with Crippen LogP contribution < -0.4 is 9.47 Å². The third kappa shape index (κ3) is 12.8. The highest BCUT2D eigenvalue weighted by Gasteiger charge is 2.43. The quantitative estimate of drug-likeness (QED) is 0.0184. The van der Waals surface area contributed by atoms with Crippen molar-refractivity contribution in [3.05, 3.63) is 181 Å². The number of halogens is 1. The lowest BCUT2D eigenvalue weighted by molar-refractivity contribution is 0.0508. The molecule has 0 radical (unpaired) electrons. The summed E-state index contributed by atoms with van der Waals surface area (Å²) in [5.74, 6) is 0.314. The summed E-state index contributed by atoms with van der Waals surface area (Å²) in [5, 5.41) is 8.63. The predicted octanol–water partition coefficient (Wildman–Crippen LogP) is 14.3. The van der Waals surface area contributed by atoms with Crippen LogP contribution in [0.15, 0.2) is 139 Å². The Morgan fingerprint density at radius 2 is 1.46 bits per heavy atom. The van der Waals surface area contributed by atoms with Gasteiger partial charge in [-0.3, -0.25) is 0 Å². The van der Waals surface area contributed by atoms with Crippen LogP contribution in [-0.4, -0.2) is 63.0 Å². The third-order valence-corrected chi connectivity index (χ3v) is 16.7. The smallest absolute Gasteiger partial charge is 0.343 e. The minimum Gasteiger partial charge on any atom is -0.494 e. The summed E-state index contributed by atoms with van der Waals surface area (Å²) in [5.41, 5.74) is 10.5. The van der Waals surface area contributed by atoms with Gasteiger partial charge < -0.3 is 23.7 Å². The van der Waals surface area contributed by atoms with Crippen LogP contribution in [0.25, 0.3) is 17.2 Å². The van der Waals surface area contributed by atoms with Gasteiger partial charge in [0.15, 0.2) is 0 Å². The number of aryl methyl sites for hydroxylation is 2. The molecule has 2 fully saturated rings. The molecule has 9 nitrogen and oxygen atoms in total. The van der Waals surface area contributed by atoms with Gasteiger partial charge in [0.1, 0.15) is 17.3 Å². The summed E-state index contributed by atoms with van der Waals surface area (Å²) in [4.78, 5) is 28.5. The van der Waals surface area contributed by atoms with Crippen molar-refractivity contribution in [2.45, 2.75) is 106 Å². The van der Waals surface area contributed by atoms with Crippen molar-refractivity contribution in [3.63, 3.8) is 0 Å². The van der Waals surface area contributed by atoms with E-state index in [1.54, 1.807) is 67.9 Å². The predicted molar refractivity (Wildman–Crippen MR) is 294 cm³/mol. The SMILES string of the molecule is CCCc1ccc(-c2ccc(C(=O)OCCc3ccc(OC(=O)c4ccc(OCCCOCC5CCC6OC6C5)cc4)c4c3S/C(=C\c3ccc(C=N/N=C/c5cccc6c5CCCC6)c(C)c3F)S4)cc2)cc1. The van der Waals surface area contributed by atoms with Gasteiger partial charge in [-0.25, -0.2) is 14.0 Å². The minimum absolute atomic E-state index is 0.127. The average molecular weight is 1030 g/mol. The zero-order valence-corrected chi connectivity index (χ0v) is 43.6. The van der Waals surface area contributed by atoms with Crippen molar-refractivity contribution in [1.29, 1.82) is 0 Å². The van der Waals surface area contributed by atoms with Crippen LogP contribution in [0.1, 0.15) is 117 Å². The summed E-state index contributed by atoms with van der Waals surface area (Å²) >= 11 is 2.88. The first-order valence-corrected chi connectivity index (χ1v) is 27.6. The first-order chi connectivity index (χ1) is 36.3. The molecule has 0 N–H and O–H groups in total. The fourth-order valence-electron chi connectivity index (χ4n) is 9.95. The summed E-state index contributed by atoms with van der Waals surface area (Å²) in [7, 11) is 0. The van der Waals surface area contributed by atoms with Gasteiger partial charge in [-0.15, -0.1) is 0 Å². The molecule has 2 aliphatic carbocycles. The maximum absolute atomic E-state index is 16.2. The van der Waals surface area contributed by atoms with Crippen LogP contribution in [-0.2, 0) is 39.9 Å². The summed E-state index contributed by atoms with van der Waals surface area (Å²) in [6.45, 7) is 5.93. The van der Waals surface area contributed by atoms with Crippen molar-refractivity contribution in [3.8, 4) is 22.6 Å². The molecule has 3 unspecified atom stereocenters. The maximum Gasteiger partial charge on any atom is 0.343 e. The molecule has 10 rings (SSSR count). The van der Waals surface area contributed by atoms with Gasteiger partial charge in [-0.2, -0.15) is 10.2 Å². The molecule has 0 amide bonds. The second-order valence-corrected chi connectivity index (χ2v) is 21.8. The largest absolute Gasteiger partial charge is 0.494 e. The number of ether oxygens (including phenoxy) is 5. The molecular formula is C62H61FN2O7S2. The van der Waals surface area contributed by atoms with E-state index in [9.17, 15) is 9.59 Å². The number of thioether (sulfide) groups is 2. The Balaban J connectivity index is 0.795. The molecule has 74 heavy (non-hydrogen) atoms. The van der Waals surface area contributed by atoms with Gasteiger partial charge in [0.05, 0.1) is 58.1 Å². The van der Waals surface area contributed by atoms with E-state index in [1.807, 2.05) is 30.3 Å². The number of epoxide rings is 1. The number of esters is 2. The van der Waals surface area contributed by atoms with Gasteiger partial charge in [0.2, 0.25) is 0 Å². The topological polar surface area (TPSA) is 108 Å². The molecule has 2 aliphatic heterocycles. The van der Waals surface area contributed by atoms with Gasteiger partial charge >= 0.3 is 11.9 Å². The van der Waals surface area contributed by atoms with Crippen LogP contribution in [0, 0.1) is 18.7 Å². The van der Waals surface area contributed by atoms with Crippen LogP contribution >= 0.6 is 23.5 Å². The van der Waals surface area contributed by atoms with E-state index in [2.05, 4.69) is 59.6 Å². The number of hydrogen-bond acceptors (Lipinski definition) is 11. The third-order valence-electron chi connectivity index (χ3n) is 14.2. The number of benzene rings is 6. The van der Waals surface area contributed by atoms with Gasteiger partial charge in [0, 0.05) is 42.1 Å². The van der Waals surface area contributed by atoms with Crippen molar-refractivity contribution >= 4 is 54.0 Å². The number of fused-ring (bicyclic) bond motifs is 3. The molecule has 3 atom stereocenters. The highest BCUT2D eigenvalue weighted by Crippen LogP contribution is 2.57. The van der Waals surface area contributed by atoms with Gasteiger partial charge in [-0.1, -0.05) is 110 Å². The number of carbonyl (C=O) groups excluding carboxylic acids is 2. The average Bonchev–Trinajstić information content (AvgIpc) is 4.09. The highest BCUT2D eigenvalue weighted by atomic mass is 32.2. The molecule has 2 heterocycles. The zero-order chi connectivity index (χ0) is 50.8. The fourth-order valence-corrected chi connectivity index (χ4v) is 12.6. The molecule has 1 saturated carbocycles. The number of hydrogen-bond donors (Lipinski definition) is 0. The van der Waals surface area contributed by atoms with E-state index < -0.39 is 11.9 Å². The van der Waals surface area contributed by atoms with Gasteiger partial charge in [-0.05, 0) is 157 Å². The van der Waals surface area contributed by atoms with E-state index >= 15 is 4.39 Å². The molecule has 6 aromatic rings. The highest BCUT2D eigenvalue weighted by molar-refractivity contribution is 8.25. The summed E-state index contributed by atoms with van der Waals surface area (Å²) < 4.78 is 46.4. The lowest BCUT2D eigenvalue weighted by Crippen LogP contribution is -2.19. The first kappa shape index (κ1) is 51.2. The van der Waals surface area contributed by atoms with Gasteiger partial charge in [0.25, 0.3) is 0 Å². The van der Waals surface area contributed by atoms with E-state index in [-0.39, 0.29) is 12.4 Å². The fraction of sp³-hybridized carbons (Fsp3) is 0.323. The van der Waals surface area contributed by atoms with Crippen LogP contribution in [0.5, 0.6) is 11.5 Å². The van der Waals surface area contributed by atoms with Crippen LogP contribution in [0.3, 0.4) is 0 Å². The Hall–Kier alpha value is -6.31. The zero-order valence-electron chi connectivity index (χ0n) is 42.0. The monoisotopic (exact) mass is 1030 g/mol. The Labute approximate surface area is 442 Å². The Morgan fingerprint density at radius 1 is 0.730 bits per heavy atom. The normalized spacial score (nSPS) is 18.3. The second kappa shape index (κ2) is 24.4. The summed E-state index contributed by atoms with van der Waals surface area (Å²) in [6, 6.07) is 36.5. The second-order valence-electron chi connectivity index (χ2n) is 19.4.